The van der Waals surface area contributed by atoms with Crippen molar-refractivity contribution in [3.63, 3.8) is 0 Å². The van der Waals surface area contributed by atoms with E-state index < -0.39 is 0 Å². The summed E-state index contributed by atoms with van der Waals surface area (Å²) in [5, 5.41) is 11.9. The number of anilines is 1. The number of nitrogen functional groups attached to an aromatic ring is 1. The van der Waals surface area contributed by atoms with Crippen LogP contribution in [-0.2, 0) is 6.42 Å². The van der Waals surface area contributed by atoms with Gasteiger partial charge in [0, 0.05) is 12.1 Å². The maximum atomic E-state index is 11.9. The molecule has 3 N–H and O–H groups in total. The van der Waals surface area contributed by atoms with Crippen LogP contribution in [-0.4, -0.2) is 22.4 Å². The van der Waals surface area contributed by atoms with Gasteiger partial charge in [-0.15, -0.1) is 0 Å². The van der Waals surface area contributed by atoms with E-state index in [4.69, 9.17) is 11.0 Å². The lowest BCUT2D eigenvalue weighted by molar-refractivity contribution is 0.0953. The maximum absolute atomic E-state index is 11.9. The van der Waals surface area contributed by atoms with Crippen LogP contribution in [0.15, 0.2) is 30.3 Å². The summed E-state index contributed by atoms with van der Waals surface area (Å²) in [6.45, 7) is 2.24. The molecule has 0 saturated heterocycles. The first kappa shape index (κ1) is 15.4. The molecule has 1 aromatic carbocycles. The Bertz CT molecular complexity index is 706. The molecule has 6 heteroatoms. The van der Waals surface area contributed by atoms with Gasteiger partial charge in [0.2, 0.25) is 0 Å². The molecule has 0 unspecified atom stereocenters. The number of rotatable bonds is 5. The van der Waals surface area contributed by atoms with Crippen molar-refractivity contribution in [2.24, 2.45) is 0 Å². The van der Waals surface area contributed by atoms with Gasteiger partial charge >= 0.3 is 0 Å². The number of aryl methyl sites for hydroxylation is 2. The number of benzene rings is 1. The summed E-state index contributed by atoms with van der Waals surface area (Å²) in [5.41, 5.74) is 7.29. The van der Waals surface area contributed by atoms with Crippen LogP contribution < -0.4 is 11.1 Å². The van der Waals surface area contributed by atoms with Crippen molar-refractivity contribution in [3.05, 3.63) is 53.0 Å². The van der Waals surface area contributed by atoms with Gasteiger partial charge in [-0.2, -0.15) is 5.26 Å². The molecule has 0 aliphatic rings. The minimum atomic E-state index is -0.112. The zero-order valence-corrected chi connectivity index (χ0v) is 12.3. The van der Waals surface area contributed by atoms with Gasteiger partial charge in [-0.1, -0.05) is 18.2 Å². The van der Waals surface area contributed by atoms with Crippen LogP contribution in [0.25, 0.3) is 0 Å². The predicted molar refractivity (Wildman–Crippen MR) is 83.0 cm³/mol. The summed E-state index contributed by atoms with van der Waals surface area (Å²) in [6.07, 6.45) is 1.23. The Morgan fingerprint density at radius 1 is 1.32 bits per heavy atom. The van der Waals surface area contributed by atoms with E-state index in [1.54, 1.807) is 19.1 Å². The van der Waals surface area contributed by atoms with E-state index in [-0.39, 0.29) is 11.7 Å². The highest BCUT2D eigenvalue weighted by Crippen LogP contribution is 2.13. The molecule has 0 radical (unpaired) electrons. The molecule has 1 amide bonds. The van der Waals surface area contributed by atoms with Gasteiger partial charge in [-0.3, -0.25) is 4.79 Å². The molecule has 0 aliphatic heterocycles. The van der Waals surface area contributed by atoms with Crippen molar-refractivity contribution in [3.8, 4) is 6.07 Å². The van der Waals surface area contributed by atoms with E-state index in [0.717, 1.165) is 0 Å². The average molecular weight is 295 g/mol. The maximum Gasteiger partial charge on any atom is 0.251 e. The average Bonchev–Trinajstić information content (AvgIpc) is 2.52. The second-order valence-electron chi connectivity index (χ2n) is 4.82. The molecule has 2 aromatic rings. The number of aromatic nitrogens is 2. The van der Waals surface area contributed by atoms with Crippen LogP contribution in [0.3, 0.4) is 0 Å². The van der Waals surface area contributed by atoms with Crippen molar-refractivity contribution in [2.75, 3.05) is 12.3 Å². The van der Waals surface area contributed by atoms with Crippen LogP contribution in [0.1, 0.15) is 33.9 Å². The van der Waals surface area contributed by atoms with Gasteiger partial charge in [0.25, 0.3) is 5.91 Å². The van der Waals surface area contributed by atoms with Crippen LogP contribution >= 0.6 is 0 Å². The van der Waals surface area contributed by atoms with Gasteiger partial charge in [0.15, 0.2) is 0 Å². The number of carbonyl (C=O) groups excluding carboxylic acids is 1. The second kappa shape index (κ2) is 7.18. The highest BCUT2D eigenvalue weighted by atomic mass is 16.1. The van der Waals surface area contributed by atoms with Crippen molar-refractivity contribution >= 4 is 11.7 Å². The molecule has 0 atom stereocenters. The minimum absolute atomic E-state index is 0.112. The summed E-state index contributed by atoms with van der Waals surface area (Å²) in [7, 11) is 0. The lowest BCUT2D eigenvalue weighted by Crippen LogP contribution is -2.24. The number of hydrogen-bond acceptors (Lipinski definition) is 5. The topological polar surface area (TPSA) is 105 Å². The van der Waals surface area contributed by atoms with E-state index in [1.165, 1.54) is 0 Å². The first-order valence-corrected chi connectivity index (χ1v) is 6.98. The normalized spacial score (nSPS) is 10.0. The highest BCUT2D eigenvalue weighted by molar-refractivity contribution is 5.94. The zero-order chi connectivity index (χ0) is 15.9. The van der Waals surface area contributed by atoms with E-state index in [9.17, 15) is 4.79 Å². The number of nitrogens with one attached hydrogen (secondary N) is 1. The quantitative estimate of drug-likeness (QED) is 0.815. The van der Waals surface area contributed by atoms with Crippen molar-refractivity contribution in [2.45, 2.75) is 19.8 Å². The molecular formula is C16H17N5O. The van der Waals surface area contributed by atoms with Crippen LogP contribution in [0.2, 0.25) is 0 Å². The van der Waals surface area contributed by atoms with Crippen LogP contribution in [0, 0.1) is 18.3 Å². The number of nitriles is 1. The monoisotopic (exact) mass is 295 g/mol. The summed E-state index contributed by atoms with van der Waals surface area (Å²) >= 11 is 0. The molecule has 0 spiro atoms. The smallest absolute Gasteiger partial charge is 0.251 e. The Labute approximate surface area is 129 Å². The van der Waals surface area contributed by atoms with Crippen LogP contribution in [0.4, 0.5) is 5.82 Å². The molecule has 1 heterocycles. The summed E-state index contributed by atoms with van der Waals surface area (Å²) in [5.74, 6) is 0.637. The predicted octanol–water partition coefficient (Wildman–Crippen LogP) is 1.60. The Morgan fingerprint density at radius 3 is 2.73 bits per heavy atom. The molecule has 2 rings (SSSR count). The van der Waals surface area contributed by atoms with Crippen LogP contribution in [0.5, 0.6) is 0 Å². The number of hydrogen-bond donors (Lipinski definition) is 2. The molecule has 0 fully saturated rings. The Kier molecular flexibility index (Phi) is 5.04. The third-order valence-electron chi connectivity index (χ3n) is 3.15. The first-order chi connectivity index (χ1) is 10.6. The third kappa shape index (κ3) is 3.79. The SMILES string of the molecule is Cc1nc(N)c(C#N)c(CCCNC(=O)c2ccccc2)n1. The largest absolute Gasteiger partial charge is 0.382 e. The van der Waals surface area contributed by atoms with E-state index >= 15 is 0 Å². The van der Waals surface area contributed by atoms with Gasteiger partial charge in [-0.25, -0.2) is 9.97 Å². The summed E-state index contributed by atoms with van der Waals surface area (Å²) in [4.78, 5) is 20.1. The second-order valence-corrected chi connectivity index (χ2v) is 4.82. The van der Waals surface area contributed by atoms with E-state index in [2.05, 4.69) is 15.3 Å². The van der Waals surface area contributed by atoms with Crippen molar-refractivity contribution < 1.29 is 4.79 Å². The molecule has 0 saturated carbocycles. The fourth-order valence-electron chi connectivity index (χ4n) is 2.11. The van der Waals surface area contributed by atoms with E-state index in [0.29, 0.717) is 42.0 Å². The standard InChI is InChI=1S/C16H17N5O/c1-11-20-14(13(10-17)15(18)21-11)8-5-9-19-16(22)12-6-3-2-4-7-12/h2-4,6-7H,5,8-9H2,1H3,(H,19,22)(H2,18,20,21). The van der Waals surface area contributed by atoms with Gasteiger partial charge in [0.1, 0.15) is 23.3 Å². The molecular weight excluding hydrogens is 278 g/mol. The van der Waals surface area contributed by atoms with Gasteiger partial charge < -0.3 is 11.1 Å². The fraction of sp³-hybridized carbons (Fsp3) is 0.250. The Balaban J connectivity index is 1.90. The molecule has 1 aromatic heterocycles. The molecule has 6 nitrogen and oxygen atoms in total. The Hall–Kier alpha value is -2.94. The molecule has 22 heavy (non-hydrogen) atoms. The summed E-state index contributed by atoms with van der Waals surface area (Å²) in [6, 6.07) is 11.1. The van der Waals surface area contributed by atoms with Gasteiger partial charge in [-0.05, 0) is 31.9 Å². The molecule has 0 aliphatic carbocycles. The number of carbonyl (C=O) groups is 1. The van der Waals surface area contributed by atoms with Crippen molar-refractivity contribution in [1.29, 1.82) is 5.26 Å². The minimum Gasteiger partial charge on any atom is -0.382 e. The first-order valence-electron chi connectivity index (χ1n) is 6.98. The highest BCUT2D eigenvalue weighted by Gasteiger charge is 2.10. The lowest BCUT2D eigenvalue weighted by Gasteiger charge is -2.08. The third-order valence-corrected chi connectivity index (χ3v) is 3.15. The van der Waals surface area contributed by atoms with Crippen molar-refractivity contribution in [1.82, 2.24) is 15.3 Å². The lowest BCUT2D eigenvalue weighted by atomic mass is 10.1. The van der Waals surface area contributed by atoms with Gasteiger partial charge in [0.05, 0.1) is 5.69 Å². The number of nitrogens with zero attached hydrogens (tertiary/aromatic N) is 3. The number of nitrogens with two attached hydrogens (primary N) is 1. The molecule has 112 valence electrons. The molecule has 0 bridgehead atoms. The van der Waals surface area contributed by atoms with E-state index in [1.807, 2.05) is 24.3 Å². The number of amides is 1. The zero-order valence-electron chi connectivity index (χ0n) is 12.3. The summed E-state index contributed by atoms with van der Waals surface area (Å²) < 4.78 is 0. The fourth-order valence-corrected chi connectivity index (χ4v) is 2.11. The Morgan fingerprint density at radius 2 is 2.05 bits per heavy atom.